The smallest absolute Gasteiger partial charge is 0.421 e. The second-order valence-corrected chi connectivity index (χ2v) is 9.34. The summed E-state index contributed by atoms with van der Waals surface area (Å²) < 4.78 is 51.1. The molecular formula is C23H21F3N6O4. The summed E-state index contributed by atoms with van der Waals surface area (Å²) in [5, 5.41) is 10.4. The number of ether oxygens (including phenoxy) is 2. The fourth-order valence-electron chi connectivity index (χ4n) is 4.97. The van der Waals surface area contributed by atoms with E-state index >= 15 is 0 Å². The number of rotatable bonds is 4. The van der Waals surface area contributed by atoms with E-state index in [1.54, 1.807) is 23.1 Å². The molecule has 6 rings (SSSR count). The highest BCUT2D eigenvalue weighted by molar-refractivity contribution is 5.97. The number of pyridine rings is 1. The lowest BCUT2D eigenvalue weighted by Crippen LogP contribution is -2.39. The van der Waals surface area contributed by atoms with Gasteiger partial charge in [0.05, 0.1) is 24.3 Å². The molecule has 2 atom stereocenters. The van der Waals surface area contributed by atoms with E-state index in [0.29, 0.717) is 37.3 Å². The van der Waals surface area contributed by atoms with Crippen LogP contribution in [-0.2, 0) is 10.9 Å². The van der Waals surface area contributed by atoms with Gasteiger partial charge in [0.25, 0.3) is 11.8 Å². The standard InChI is InChI=1S/C23H21F3N6O4/c24-23(25,26)17-3-13(5-27-20(17)36-16-10-35-11-16)22(34)32-8-14-6-31(7-15(14)9-32)21(33)12-1-2-18-19(4-12)29-30-28-18/h1-5,14-16H,6-11H2,(H,28,29,30)/t14-,15-/m0/s1. The highest BCUT2D eigenvalue weighted by Gasteiger charge is 2.44. The summed E-state index contributed by atoms with van der Waals surface area (Å²) in [6, 6.07) is 5.94. The molecule has 3 aliphatic heterocycles. The first-order chi connectivity index (χ1) is 17.3. The number of benzene rings is 1. The van der Waals surface area contributed by atoms with Crippen LogP contribution in [0.4, 0.5) is 13.2 Å². The first-order valence-corrected chi connectivity index (χ1v) is 11.5. The summed E-state index contributed by atoms with van der Waals surface area (Å²) in [5.41, 5.74) is 0.611. The van der Waals surface area contributed by atoms with Gasteiger partial charge in [0.2, 0.25) is 5.88 Å². The number of hydrogen-bond acceptors (Lipinski definition) is 7. The van der Waals surface area contributed by atoms with E-state index in [0.717, 1.165) is 17.8 Å². The molecule has 0 aliphatic carbocycles. The Morgan fingerprint density at radius 3 is 2.28 bits per heavy atom. The summed E-state index contributed by atoms with van der Waals surface area (Å²) in [7, 11) is 0. The third kappa shape index (κ3) is 4.02. The molecule has 1 aromatic carbocycles. The molecule has 3 fully saturated rings. The number of alkyl halides is 3. The summed E-state index contributed by atoms with van der Waals surface area (Å²) in [5.74, 6) is -1.10. The lowest BCUT2D eigenvalue weighted by Gasteiger charge is -2.27. The van der Waals surface area contributed by atoms with Crippen molar-refractivity contribution in [2.45, 2.75) is 12.3 Å². The molecule has 0 unspecified atom stereocenters. The van der Waals surface area contributed by atoms with Gasteiger partial charge in [0.15, 0.2) is 0 Å². The predicted molar refractivity (Wildman–Crippen MR) is 117 cm³/mol. The van der Waals surface area contributed by atoms with Crippen LogP contribution in [0.1, 0.15) is 26.3 Å². The van der Waals surface area contributed by atoms with Gasteiger partial charge in [0, 0.05) is 49.8 Å². The van der Waals surface area contributed by atoms with Crippen LogP contribution in [0.3, 0.4) is 0 Å². The topological polar surface area (TPSA) is 114 Å². The zero-order chi connectivity index (χ0) is 25.0. The van der Waals surface area contributed by atoms with E-state index in [2.05, 4.69) is 20.4 Å². The Hall–Kier alpha value is -3.74. The molecule has 0 saturated carbocycles. The monoisotopic (exact) mass is 502 g/mol. The number of nitrogens with one attached hydrogen (secondary N) is 1. The van der Waals surface area contributed by atoms with Gasteiger partial charge in [0.1, 0.15) is 17.2 Å². The summed E-state index contributed by atoms with van der Waals surface area (Å²) >= 11 is 0. The zero-order valence-electron chi connectivity index (χ0n) is 18.9. The Labute approximate surface area is 202 Å². The van der Waals surface area contributed by atoms with Crippen LogP contribution in [0, 0.1) is 11.8 Å². The minimum Gasteiger partial charge on any atom is -0.469 e. The summed E-state index contributed by atoms with van der Waals surface area (Å²) in [4.78, 5) is 33.1. The number of amides is 2. The van der Waals surface area contributed by atoms with Crippen molar-refractivity contribution in [2.24, 2.45) is 11.8 Å². The van der Waals surface area contributed by atoms with Crippen LogP contribution in [0.15, 0.2) is 30.5 Å². The Balaban J connectivity index is 1.13. The quantitative estimate of drug-likeness (QED) is 0.581. The predicted octanol–water partition coefficient (Wildman–Crippen LogP) is 1.99. The van der Waals surface area contributed by atoms with Crippen molar-refractivity contribution in [1.82, 2.24) is 30.2 Å². The number of aromatic nitrogens is 4. The highest BCUT2D eigenvalue weighted by atomic mass is 19.4. The number of likely N-dealkylation sites (tertiary alicyclic amines) is 2. The van der Waals surface area contributed by atoms with Crippen LogP contribution in [0.5, 0.6) is 5.88 Å². The number of H-pyrrole nitrogens is 1. The minimum absolute atomic E-state index is 0.0463. The van der Waals surface area contributed by atoms with E-state index in [1.165, 1.54) is 4.90 Å². The molecule has 36 heavy (non-hydrogen) atoms. The number of carbonyl (C=O) groups is 2. The van der Waals surface area contributed by atoms with Crippen molar-refractivity contribution < 1.29 is 32.2 Å². The van der Waals surface area contributed by atoms with E-state index in [9.17, 15) is 22.8 Å². The second kappa shape index (κ2) is 8.43. The van der Waals surface area contributed by atoms with E-state index < -0.39 is 29.6 Å². The second-order valence-electron chi connectivity index (χ2n) is 9.34. The average Bonchev–Trinajstić information content (AvgIpc) is 3.54. The number of fused-ring (bicyclic) bond motifs is 2. The minimum atomic E-state index is -4.72. The number of nitrogens with zero attached hydrogens (tertiary/aromatic N) is 5. The first-order valence-electron chi connectivity index (χ1n) is 11.5. The number of aromatic amines is 1. The Kier molecular flexibility index (Phi) is 5.32. The van der Waals surface area contributed by atoms with Crippen molar-refractivity contribution in [3.05, 3.63) is 47.2 Å². The number of halogens is 3. The van der Waals surface area contributed by atoms with Gasteiger partial charge in [-0.2, -0.15) is 13.2 Å². The van der Waals surface area contributed by atoms with Crippen LogP contribution < -0.4 is 4.74 Å². The van der Waals surface area contributed by atoms with Crippen molar-refractivity contribution in [2.75, 3.05) is 39.4 Å². The van der Waals surface area contributed by atoms with Crippen molar-refractivity contribution in [3.8, 4) is 5.88 Å². The molecule has 188 valence electrons. The zero-order valence-corrected chi connectivity index (χ0v) is 18.9. The van der Waals surface area contributed by atoms with Crippen molar-refractivity contribution in [3.63, 3.8) is 0 Å². The molecule has 10 nitrogen and oxygen atoms in total. The third-order valence-corrected chi connectivity index (χ3v) is 6.92. The van der Waals surface area contributed by atoms with Gasteiger partial charge >= 0.3 is 6.18 Å². The fourth-order valence-corrected chi connectivity index (χ4v) is 4.97. The molecular weight excluding hydrogens is 481 g/mol. The Morgan fingerprint density at radius 1 is 1.00 bits per heavy atom. The molecule has 0 bridgehead atoms. The normalized spacial score (nSPS) is 22.1. The lowest BCUT2D eigenvalue weighted by atomic mass is 10.0. The summed E-state index contributed by atoms with van der Waals surface area (Å²) in [6.45, 7) is 2.04. The van der Waals surface area contributed by atoms with E-state index in [1.807, 2.05) is 0 Å². The lowest BCUT2D eigenvalue weighted by molar-refractivity contribution is -0.142. The Bertz CT molecular complexity index is 1330. The molecule has 0 spiro atoms. The molecule has 13 heteroatoms. The molecule has 0 radical (unpaired) electrons. The maximum Gasteiger partial charge on any atom is 0.421 e. The van der Waals surface area contributed by atoms with Gasteiger partial charge in [-0.3, -0.25) is 14.7 Å². The number of hydrogen-bond donors (Lipinski definition) is 1. The van der Waals surface area contributed by atoms with Crippen LogP contribution in [0.25, 0.3) is 11.0 Å². The fraction of sp³-hybridized carbons (Fsp3) is 0.435. The van der Waals surface area contributed by atoms with Crippen molar-refractivity contribution >= 4 is 22.8 Å². The molecule has 1 N–H and O–H groups in total. The van der Waals surface area contributed by atoms with E-state index in [4.69, 9.17) is 9.47 Å². The molecule has 3 aliphatic rings. The first kappa shape index (κ1) is 22.7. The third-order valence-electron chi connectivity index (χ3n) is 6.92. The maximum absolute atomic E-state index is 13.6. The van der Waals surface area contributed by atoms with Crippen LogP contribution >= 0.6 is 0 Å². The molecule has 2 amide bonds. The van der Waals surface area contributed by atoms with Crippen molar-refractivity contribution in [1.29, 1.82) is 0 Å². The number of carbonyl (C=O) groups excluding carboxylic acids is 2. The van der Waals surface area contributed by atoms with Crippen LogP contribution in [0.2, 0.25) is 0 Å². The average molecular weight is 502 g/mol. The molecule has 3 aromatic rings. The molecule has 3 saturated heterocycles. The van der Waals surface area contributed by atoms with Crippen LogP contribution in [-0.4, -0.2) is 87.5 Å². The SMILES string of the molecule is O=C(c1cnc(OC2COC2)c(C(F)(F)F)c1)N1C[C@@H]2CN(C(=O)c3ccc4[nH]nnc4c3)C[C@H]2C1. The van der Waals surface area contributed by atoms with Gasteiger partial charge in [-0.1, -0.05) is 5.21 Å². The largest absolute Gasteiger partial charge is 0.469 e. The molecule has 2 aromatic heterocycles. The Morgan fingerprint density at radius 2 is 1.67 bits per heavy atom. The summed E-state index contributed by atoms with van der Waals surface area (Å²) in [6.07, 6.45) is -4.08. The van der Waals surface area contributed by atoms with E-state index in [-0.39, 0.29) is 36.5 Å². The van der Waals surface area contributed by atoms with Gasteiger partial charge in [-0.15, -0.1) is 5.10 Å². The highest BCUT2D eigenvalue weighted by Crippen LogP contribution is 2.37. The maximum atomic E-state index is 13.6. The van der Waals surface area contributed by atoms with Gasteiger partial charge < -0.3 is 19.3 Å². The van der Waals surface area contributed by atoms with Gasteiger partial charge in [-0.05, 0) is 24.3 Å². The van der Waals surface area contributed by atoms with Gasteiger partial charge in [-0.25, -0.2) is 4.98 Å². The molecule has 5 heterocycles.